The van der Waals surface area contributed by atoms with Gasteiger partial charge in [0, 0.05) is 18.5 Å². The predicted molar refractivity (Wildman–Crippen MR) is 117 cm³/mol. The third-order valence-electron chi connectivity index (χ3n) is 5.55. The van der Waals surface area contributed by atoms with Gasteiger partial charge in [-0.15, -0.1) is 0 Å². The van der Waals surface area contributed by atoms with Gasteiger partial charge in [-0.3, -0.25) is 0 Å². The Hall–Kier alpha value is -2.86. The number of fused-ring (bicyclic) bond motifs is 1. The highest BCUT2D eigenvalue weighted by molar-refractivity contribution is 5.90. The van der Waals surface area contributed by atoms with Crippen LogP contribution in [0.25, 0.3) is 10.9 Å². The number of nitrogens with one attached hydrogen (secondary N) is 1. The zero-order valence-electron chi connectivity index (χ0n) is 16.8. The van der Waals surface area contributed by atoms with E-state index in [4.69, 9.17) is 14.7 Å². The summed E-state index contributed by atoms with van der Waals surface area (Å²) in [4.78, 5) is 11.8. The maximum Gasteiger partial charge on any atom is 0.228 e. The number of piperidine rings is 1. The van der Waals surface area contributed by atoms with Crippen molar-refractivity contribution in [3.8, 4) is 5.75 Å². The zero-order chi connectivity index (χ0) is 20.1. The Morgan fingerprint density at radius 1 is 1.10 bits per heavy atom. The Bertz CT molecular complexity index is 945. The van der Waals surface area contributed by atoms with Crippen LogP contribution in [0, 0.1) is 0 Å². The van der Waals surface area contributed by atoms with Crippen LogP contribution in [0.5, 0.6) is 5.75 Å². The van der Waals surface area contributed by atoms with Gasteiger partial charge in [0.05, 0.1) is 25.3 Å². The molecular weight excluding hydrogens is 364 g/mol. The van der Waals surface area contributed by atoms with E-state index in [1.807, 2.05) is 30.3 Å². The molecule has 1 fully saturated rings. The molecule has 0 aliphatic carbocycles. The van der Waals surface area contributed by atoms with E-state index in [-0.39, 0.29) is 12.6 Å². The molecule has 152 valence electrons. The molecule has 0 saturated carbocycles. The minimum atomic E-state index is 0.0945. The van der Waals surface area contributed by atoms with Gasteiger partial charge in [-0.1, -0.05) is 24.3 Å². The second kappa shape index (κ2) is 9.09. The molecule has 29 heavy (non-hydrogen) atoms. The number of benzene rings is 2. The minimum absolute atomic E-state index is 0.0945. The lowest BCUT2D eigenvalue weighted by Gasteiger charge is -2.34. The van der Waals surface area contributed by atoms with Crippen molar-refractivity contribution in [1.82, 2.24) is 9.97 Å². The van der Waals surface area contributed by atoms with Crippen molar-refractivity contribution in [3.63, 3.8) is 0 Å². The largest absolute Gasteiger partial charge is 0.497 e. The molecule has 2 heterocycles. The van der Waals surface area contributed by atoms with Gasteiger partial charge in [0.2, 0.25) is 5.95 Å². The number of aliphatic hydroxyl groups excluding tert-OH is 1. The molecule has 1 aliphatic rings. The van der Waals surface area contributed by atoms with Gasteiger partial charge in [0.1, 0.15) is 11.6 Å². The molecule has 0 bridgehead atoms. The summed E-state index contributed by atoms with van der Waals surface area (Å²) in [5, 5.41) is 14.3. The monoisotopic (exact) mass is 392 g/mol. The predicted octanol–water partition coefficient (Wildman–Crippen LogP) is 3.64. The SMILES string of the molecule is COc1ccc(CCNc2nc(N3CCCCC3CO)nc3ccccc23)cc1. The Kier molecular flexibility index (Phi) is 6.10. The van der Waals surface area contributed by atoms with Crippen LogP contribution in [0.2, 0.25) is 0 Å². The van der Waals surface area contributed by atoms with Gasteiger partial charge in [-0.2, -0.15) is 4.98 Å². The van der Waals surface area contributed by atoms with Crippen LogP contribution >= 0.6 is 0 Å². The molecule has 0 spiro atoms. The Morgan fingerprint density at radius 2 is 1.93 bits per heavy atom. The van der Waals surface area contributed by atoms with Gasteiger partial charge < -0.3 is 20.1 Å². The van der Waals surface area contributed by atoms with Crippen LogP contribution in [0.4, 0.5) is 11.8 Å². The number of ether oxygens (including phenoxy) is 1. The maximum atomic E-state index is 9.79. The molecule has 1 atom stereocenters. The molecule has 1 unspecified atom stereocenters. The summed E-state index contributed by atoms with van der Waals surface area (Å²) < 4.78 is 5.22. The number of aliphatic hydroxyl groups is 1. The lowest BCUT2D eigenvalue weighted by atomic mass is 10.0. The summed E-state index contributed by atoms with van der Waals surface area (Å²) in [5.41, 5.74) is 2.17. The summed E-state index contributed by atoms with van der Waals surface area (Å²) in [5.74, 6) is 2.42. The number of aromatic nitrogens is 2. The van der Waals surface area contributed by atoms with Crippen LogP contribution < -0.4 is 15.0 Å². The third kappa shape index (κ3) is 4.43. The molecule has 1 aromatic heterocycles. The molecule has 2 aromatic carbocycles. The van der Waals surface area contributed by atoms with Crippen molar-refractivity contribution in [1.29, 1.82) is 0 Å². The number of methoxy groups -OCH3 is 1. The molecule has 6 nitrogen and oxygen atoms in total. The highest BCUT2D eigenvalue weighted by atomic mass is 16.5. The fourth-order valence-electron chi connectivity index (χ4n) is 3.90. The van der Waals surface area contributed by atoms with Crippen LogP contribution in [-0.4, -0.2) is 47.9 Å². The molecule has 3 aromatic rings. The highest BCUT2D eigenvalue weighted by Crippen LogP contribution is 2.27. The normalized spacial score (nSPS) is 16.8. The fraction of sp³-hybridized carbons (Fsp3) is 0.391. The number of hydrogen-bond acceptors (Lipinski definition) is 6. The van der Waals surface area contributed by atoms with Crippen molar-refractivity contribution >= 4 is 22.7 Å². The smallest absolute Gasteiger partial charge is 0.228 e. The van der Waals surface area contributed by atoms with Gasteiger partial charge in [0.15, 0.2) is 0 Å². The van der Waals surface area contributed by atoms with E-state index in [9.17, 15) is 5.11 Å². The number of hydrogen-bond donors (Lipinski definition) is 2. The number of nitrogens with zero attached hydrogens (tertiary/aromatic N) is 3. The first-order chi connectivity index (χ1) is 14.3. The average Bonchev–Trinajstić information content (AvgIpc) is 2.79. The molecule has 0 amide bonds. The van der Waals surface area contributed by atoms with E-state index in [2.05, 4.69) is 28.4 Å². The van der Waals surface area contributed by atoms with E-state index in [0.717, 1.165) is 61.2 Å². The summed E-state index contributed by atoms with van der Waals surface area (Å²) in [7, 11) is 1.68. The summed E-state index contributed by atoms with van der Waals surface area (Å²) >= 11 is 0. The van der Waals surface area contributed by atoms with E-state index in [0.29, 0.717) is 5.95 Å². The number of para-hydroxylation sites is 1. The standard InChI is InChI=1S/C23H28N4O2/c1-29-19-11-9-17(10-12-19)13-14-24-22-20-7-2-3-8-21(20)25-23(26-22)27-15-5-4-6-18(27)16-28/h2-3,7-12,18,28H,4-6,13-16H2,1H3,(H,24,25,26). The van der Waals surface area contributed by atoms with Crippen LogP contribution in [-0.2, 0) is 6.42 Å². The van der Waals surface area contributed by atoms with Crippen LogP contribution in [0.15, 0.2) is 48.5 Å². The molecule has 1 aliphatic heterocycles. The summed E-state index contributed by atoms with van der Waals surface area (Å²) in [6.07, 6.45) is 4.11. The molecule has 4 rings (SSSR count). The molecule has 0 radical (unpaired) electrons. The van der Waals surface area contributed by atoms with Gasteiger partial charge in [-0.25, -0.2) is 4.98 Å². The lowest BCUT2D eigenvalue weighted by Crippen LogP contribution is -2.43. The van der Waals surface area contributed by atoms with E-state index in [1.54, 1.807) is 7.11 Å². The topological polar surface area (TPSA) is 70.5 Å². The van der Waals surface area contributed by atoms with Crippen LogP contribution in [0.3, 0.4) is 0 Å². The van der Waals surface area contributed by atoms with Crippen LogP contribution in [0.1, 0.15) is 24.8 Å². The first-order valence-corrected chi connectivity index (χ1v) is 10.3. The third-order valence-corrected chi connectivity index (χ3v) is 5.55. The first kappa shape index (κ1) is 19.5. The van der Waals surface area contributed by atoms with Gasteiger partial charge >= 0.3 is 0 Å². The molecular formula is C23H28N4O2. The second-order valence-electron chi connectivity index (χ2n) is 7.44. The van der Waals surface area contributed by atoms with Gasteiger partial charge in [0.25, 0.3) is 0 Å². The Morgan fingerprint density at radius 3 is 2.72 bits per heavy atom. The average molecular weight is 393 g/mol. The molecule has 6 heteroatoms. The van der Waals surface area contributed by atoms with Gasteiger partial charge in [-0.05, 0) is 55.5 Å². The Labute approximate surface area is 171 Å². The minimum Gasteiger partial charge on any atom is -0.497 e. The van der Waals surface area contributed by atoms with E-state index < -0.39 is 0 Å². The highest BCUT2D eigenvalue weighted by Gasteiger charge is 2.24. The summed E-state index contributed by atoms with van der Waals surface area (Å²) in [6, 6.07) is 16.3. The fourth-order valence-corrected chi connectivity index (χ4v) is 3.90. The molecule has 1 saturated heterocycles. The number of rotatable bonds is 7. The Balaban J connectivity index is 1.55. The first-order valence-electron chi connectivity index (χ1n) is 10.3. The maximum absolute atomic E-state index is 9.79. The lowest BCUT2D eigenvalue weighted by molar-refractivity contribution is 0.239. The van der Waals surface area contributed by atoms with Crippen molar-refractivity contribution in [2.24, 2.45) is 0 Å². The van der Waals surface area contributed by atoms with Crippen molar-refractivity contribution in [2.45, 2.75) is 31.7 Å². The number of anilines is 2. The van der Waals surface area contributed by atoms with E-state index in [1.165, 1.54) is 5.56 Å². The van der Waals surface area contributed by atoms with Crippen molar-refractivity contribution in [3.05, 3.63) is 54.1 Å². The second-order valence-corrected chi connectivity index (χ2v) is 7.44. The zero-order valence-corrected chi connectivity index (χ0v) is 16.8. The van der Waals surface area contributed by atoms with Crippen molar-refractivity contribution < 1.29 is 9.84 Å². The quantitative estimate of drug-likeness (QED) is 0.640. The summed E-state index contributed by atoms with van der Waals surface area (Å²) in [6.45, 7) is 1.79. The van der Waals surface area contributed by atoms with E-state index >= 15 is 0 Å². The van der Waals surface area contributed by atoms with Crippen molar-refractivity contribution in [2.75, 3.05) is 37.0 Å². The molecule has 2 N–H and O–H groups in total.